The van der Waals surface area contributed by atoms with Crippen molar-refractivity contribution in [1.82, 2.24) is 0 Å². The number of halogens is 3. The van der Waals surface area contributed by atoms with Gasteiger partial charge in [-0.1, -0.05) is 23.7 Å². The monoisotopic (exact) mass is 264 g/mol. The first-order valence-electron chi connectivity index (χ1n) is 5.28. The van der Waals surface area contributed by atoms with Gasteiger partial charge in [-0.2, -0.15) is 0 Å². The van der Waals surface area contributed by atoms with Crippen molar-refractivity contribution in [1.29, 1.82) is 0 Å². The second-order valence-corrected chi connectivity index (χ2v) is 4.30. The van der Waals surface area contributed by atoms with Crippen LogP contribution in [0.5, 0.6) is 0 Å². The molecule has 2 aromatic carbocycles. The van der Waals surface area contributed by atoms with E-state index in [4.69, 9.17) is 16.0 Å². The van der Waals surface area contributed by atoms with E-state index in [9.17, 15) is 8.78 Å². The Morgan fingerprint density at radius 1 is 0.944 bits per heavy atom. The maximum absolute atomic E-state index is 13.1. The summed E-state index contributed by atoms with van der Waals surface area (Å²) in [6.45, 7) is 0. The molecule has 4 heteroatoms. The highest BCUT2D eigenvalue weighted by Crippen LogP contribution is 2.33. The van der Waals surface area contributed by atoms with Gasteiger partial charge >= 0.3 is 0 Å². The fourth-order valence-electron chi connectivity index (χ4n) is 1.83. The highest BCUT2D eigenvalue weighted by molar-refractivity contribution is 6.33. The smallest absolute Gasteiger partial charge is 0.162 e. The zero-order valence-electron chi connectivity index (χ0n) is 9.08. The second-order valence-electron chi connectivity index (χ2n) is 3.89. The van der Waals surface area contributed by atoms with Crippen LogP contribution in [0.25, 0.3) is 22.3 Å². The molecule has 1 nitrogen and oxygen atoms in total. The molecule has 0 unspecified atom stereocenters. The molecule has 0 aliphatic rings. The van der Waals surface area contributed by atoms with Crippen LogP contribution in [0.15, 0.2) is 46.9 Å². The van der Waals surface area contributed by atoms with Gasteiger partial charge in [0.15, 0.2) is 11.6 Å². The Balaban J connectivity index is 2.23. The average Bonchev–Trinajstić information content (AvgIpc) is 2.73. The zero-order valence-corrected chi connectivity index (χ0v) is 9.84. The lowest BCUT2D eigenvalue weighted by atomic mass is 10.1. The van der Waals surface area contributed by atoms with E-state index in [0.29, 0.717) is 27.3 Å². The van der Waals surface area contributed by atoms with Crippen molar-refractivity contribution in [3.05, 3.63) is 59.1 Å². The van der Waals surface area contributed by atoms with Crippen LogP contribution in [0, 0.1) is 11.6 Å². The van der Waals surface area contributed by atoms with Gasteiger partial charge in [0.1, 0.15) is 11.3 Å². The van der Waals surface area contributed by atoms with E-state index in [1.165, 1.54) is 0 Å². The summed E-state index contributed by atoms with van der Waals surface area (Å²) < 4.78 is 31.7. The summed E-state index contributed by atoms with van der Waals surface area (Å²) in [6.07, 6.45) is 0. The minimum Gasteiger partial charge on any atom is -0.456 e. The molecule has 0 saturated carbocycles. The normalized spacial score (nSPS) is 11.1. The molecule has 0 atom stereocenters. The van der Waals surface area contributed by atoms with Gasteiger partial charge in [-0.15, -0.1) is 0 Å². The SMILES string of the molecule is Fc1cc2cc(-c3ccccc3Cl)oc2cc1F. The van der Waals surface area contributed by atoms with E-state index in [2.05, 4.69) is 0 Å². The lowest BCUT2D eigenvalue weighted by molar-refractivity contribution is 0.507. The van der Waals surface area contributed by atoms with Gasteiger partial charge < -0.3 is 4.42 Å². The molecule has 0 aliphatic carbocycles. The Morgan fingerprint density at radius 3 is 2.44 bits per heavy atom. The van der Waals surface area contributed by atoms with Crippen LogP contribution >= 0.6 is 11.6 Å². The maximum Gasteiger partial charge on any atom is 0.162 e. The Hall–Kier alpha value is -1.87. The van der Waals surface area contributed by atoms with Crippen LogP contribution in [-0.2, 0) is 0 Å². The molecule has 0 fully saturated rings. The topological polar surface area (TPSA) is 13.1 Å². The van der Waals surface area contributed by atoms with Gasteiger partial charge in [0.05, 0.1) is 5.02 Å². The number of hydrogen-bond acceptors (Lipinski definition) is 1. The van der Waals surface area contributed by atoms with E-state index >= 15 is 0 Å². The molecular weight excluding hydrogens is 258 g/mol. The summed E-state index contributed by atoms with van der Waals surface area (Å²) in [5, 5.41) is 1.03. The Labute approximate surface area is 107 Å². The molecule has 1 aromatic heterocycles. The molecule has 0 saturated heterocycles. The van der Waals surface area contributed by atoms with E-state index in [1.807, 2.05) is 6.07 Å². The molecule has 0 bridgehead atoms. The van der Waals surface area contributed by atoms with Gasteiger partial charge in [-0.05, 0) is 24.3 Å². The molecule has 3 aromatic rings. The van der Waals surface area contributed by atoms with Crippen LogP contribution in [0.3, 0.4) is 0 Å². The number of fused-ring (bicyclic) bond motifs is 1. The summed E-state index contributed by atoms with van der Waals surface area (Å²) in [7, 11) is 0. The third kappa shape index (κ3) is 1.77. The van der Waals surface area contributed by atoms with Gasteiger partial charge in [0, 0.05) is 17.0 Å². The van der Waals surface area contributed by atoms with Gasteiger partial charge in [-0.3, -0.25) is 0 Å². The van der Waals surface area contributed by atoms with Crippen LogP contribution in [0.4, 0.5) is 8.78 Å². The molecule has 18 heavy (non-hydrogen) atoms. The summed E-state index contributed by atoms with van der Waals surface area (Å²) in [4.78, 5) is 0. The van der Waals surface area contributed by atoms with Crippen LogP contribution in [0.1, 0.15) is 0 Å². The van der Waals surface area contributed by atoms with Crippen molar-refractivity contribution < 1.29 is 13.2 Å². The Bertz CT molecular complexity index is 695. The average molecular weight is 265 g/mol. The third-order valence-electron chi connectivity index (χ3n) is 2.70. The first-order valence-corrected chi connectivity index (χ1v) is 5.66. The van der Waals surface area contributed by atoms with Gasteiger partial charge in [-0.25, -0.2) is 8.78 Å². The number of rotatable bonds is 1. The highest BCUT2D eigenvalue weighted by atomic mass is 35.5. The van der Waals surface area contributed by atoms with Crippen LogP contribution < -0.4 is 0 Å². The van der Waals surface area contributed by atoms with Gasteiger partial charge in [0.2, 0.25) is 0 Å². The van der Waals surface area contributed by atoms with Crippen molar-refractivity contribution >= 4 is 22.6 Å². The fraction of sp³-hybridized carbons (Fsp3) is 0. The number of benzene rings is 2. The fourth-order valence-corrected chi connectivity index (χ4v) is 2.06. The number of hydrogen-bond donors (Lipinski definition) is 0. The molecule has 90 valence electrons. The van der Waals surface area contributed by atoms with Crippen molar-refractivity contribution in [3.8, 4) is 11.3 Å². The molecule has 1 heterocycles. The minimum atomic E-state index is -0.928. The molecule has 3 rings (SSSR count). The predicted molar refractivity (Wildman–Crippen MR) is 66.6 cm³/mol. The molecule has 0 aliphatic heterocycles. The van der Waals surface area contributed by atoms with E-state index in [-0.39, 0.29) is 0 Å². The minimum absolute atomic E-state index is 0.295. The second kappa shape index (κ2) is 4.10. The number of furan rings is 1. The first-order chi connectivity index (χ1) is 8.65. The standard InChI is InChI=1S/C14H7ClF2O/c15-10-4-2-1-3-9(10)14-6-8-5-11(16)12(17)7-13(8)18-14/h1-7H. The van der Waals surface area contributed by atoms with Crippen molar-refractivity contribution in [2.24, 2.45) is 0 Å². The summed E-state index contributed by atoms with van der Waals surface area (Å²) in [5.41, 5.74) is 0.986. The summed E-state index contributed by atoms with van der Waals surface area (Å²) in [6, 6.07) is 10.9. The van der Waals surface area contributed by atoms with Crippen molar-refractivity contribution in [3.63, 3.8) is 0 Å². The maximum atomic E-state index is 13.1. The Morgan fingerprint density at radius 2 is 1.67 bits per heavy atom. The van der Waals surface area contributed by atoms with Crippen LogP contribution in [-0.4, -0.2) is 0 Å². The van der Waals surface area contributed by atoms with Crippen molar-refractivity contribution in [2.75, 3.05) is 0 Å². The first kappa shape index (κ1) is 11.2. The highest BCUT2D eigenvalue weighted by Gasteiger charge is 2.12. The summed E-state index contributed by atoms with van der Waals surface area (Å²) >= 11 is 6.04. The summed E-state index contributed by atoms with van der Waals surface area (Å²) in [5.74, 6) is -1.34. The van der Waals surface area contributed by atoms with E-state index < -0.39 is 11.6 Å². The molecule has 0 amide bonds. The zero-order chi connectivity index (χ0) is 12.7. The predicted octanol–water partition coefficient (Wildman–Crippen LogP) is 5.03. The molecule has 0 spiro atoms. The lowest BCUT2D eigenvalue weighted by Gasteiger charge is -1.98. The molecule has 0 radical (unpaired) electrons. The largest absolute Gasteiger partial charge is 0.456 e. The third-order valence-corrected chi connectivity index (χ3v) is 3.03. The van der Waals surface area contributed by atoms with Gasteiger partial charge in [0.25, 0.3) is 0 Å². The Kier molecular flexibility index (Phi) is 2.56. The lowest BCUT2D eigenvalue weighted by Crippen LogP contribution is -1.80. The quantitative estimate of drug-likeness (QED) is 0.601. The van der Waals surface area contributed by atoms with E-state index in [0.717, 1.165) is 12.1 Å². The molecule has 0 N–H and O–H groups in total. The molecular formula is C14H7ClF2O. The van der Waals surface area contributed by atoms with Crippen LogP contribution in [0.2, 0.25) is 5.02 Å². The van der Waals surface area contributed by atoms with Crippen molar-refractivity contribution in [2.45, 2.75) is 0 Å². The van der Waals surface area contributed by atoms with E-state index in [1.54, 1.807) is 24.3 Å².